The van der Waals surface area contributed by atoms with E-state index in [4.69, 9.17) is 4.74 Å². The van der Waals surface area contributed by atoms with E-state index >= 15 is 0 Å². The Morgan fingerprint density at radius 3 is 2.73 bits per heavy atom. The molecule has 1 rings (SSSR count). The van der Waals surface area contributed by atoms with Crippen molar-refractivity contribution in [1.29, 1.82) is 0 Å². The molecule has 0 aliphatic carbocycles. The second kappa shape index (κ2) is 8.33. The van der Waals surface area contributed by atoms with Crippen molar-refractivity contribution in [3.05, 3.63) is 28.3 Å². The Hall–Kier alpha value is -2.15. The Morgan fingerprint density at radius 1 is 1.50 bits per heavy atom. The number of rotatable bonds is 8. The van der Waals surface area contributed by atoms with Gasteiger partial charge in [-0.1, -0.05) is 13.3 Å². The minimum absolute atomic E-state index is 0.173. The molecule has 0 radical (unpaired) electrons. The lowest BCUT2D eigenvalue weighted by molar-refractivity contribution is -0.384. The molecule has 1 unspecified atom stereocenters. The summed E-state index contributed by atoms with van der Waals surface area (Å²) in [4.78, 5) is 24.5. The van der Waals surface area contributed by atoms with Crippen molar-refractivity contribution in [2.45, 2.75) is 32.7 Å². The third-order valence-electron chi connectivity index (χ3n) is 3.53. The van der Waals surface area contributed by atoms with Crippen LogP contribution in [0.1, 0.15) is 26.7 Å². The molecule has 0 aliphatic heterocycles. The fourth-order valence-corrected chi connectivity index (χ4v) is 2.11. The van der Waals surface area contributed by atoms with E-state index in [9.17, 15) is 14.9 Å². The number of anilines is 1. The van der Waals surface area contributed by atoms with E-state index in [0.717, 1.165) is 12.8 Å². The normalized spacial score (nSPS) is 12.0. The van der Waals surface area contributed by atoms with E-state index in [1.807, 2.05) is 18.9 Å². The topological polar surface area (TPSA) is 84.7 Å². The molecule has 0 heterocycles. The molecule has 0 saturated heterocycles. The first-order valence-corrected chi connectivity index (χ1v) is 7.21. The van der Waals surface area contributed by atoms with Gasteiger partial charge < -0.3 is 10.1 Å². The molecule has 1 aromatic carbocycles. The Balaban J connectivity index is 2.77. The molecular weight excluding hydrogens is 286 g/mol. The maximum atomic E-state index is 12.1. The lowest BCUT2D eigenvalue weighted by Gasteiger charge is -2.23. The number of hydrogen-bond acceptors (Lipinski definition) is 5. The third-order valence-corrected chi connectivity index (χ3v) is 3.53. The average molecular weight is 309 g/mol. The molecule has 1 atom stereocenters. The number of nitrogens with one attached hydrogen (secondary N) is 1. The lowest BCUT2D eigenvalue weighted by Crippen LogP contribution is -2.36. The second-order valence-electron chi connectivity index (χ2n) is 5.24. The van der Waals surface area contributed by atoms with Crippen LogP contribution >= 0.6 is 0 Å². The van der Waals surface area contributed by atoms with E-state index < -0.39 is 4.92 Å². The smallest absolute Gasteiger partial charge is 0.296 e. The minimum atomic E-state index is -0.540. The number of amides is 1. The highest BCUT2D eigenvalue weighted by Crippen LogP contribution is 2.28. The van der Waals surface area contributed by atoms with Crippen LogP contribution in [-0.4, -0.2) is 42.5 Å². The quantitative estimate of drug-likeness (QED) is 0.589. The summed E-state index contributed by atoms with van der Waals surface area (Å²) in [6.07, 6.45) is 2.03. The van der Waals surface area contributed by atoms with Crippen molar-refractivity contribution in [1.82, 2.24) is 4.90 Å². The Morgan fingerprint density at radius 2 is 2.18 bits per heavy atom. The number of benzene rings is 1. The van der Waals surface area contributed by atoms with Crippen molar-refractivity contribution in [3.63, 3.8) is 0 Å². The highest BCUT2D eigenvalue weighted by molar-refractivity contribution is 5.94. The summed E-state index contributed by atoms with van der Waals surface area (Å²) in [5, 5.41) is 13.7. The Bertz CT molecular complexity index is 534. The number of ether oxygens (including phenoxy) is 1. The molecule has 0 spiro atoms. The number of nitro groups is 1. The fourth-order valence-electron chi connectivity index (χ4n) is 2.11. The molecule has 1 aromatic rings. The van der Waals surface area contributed by atoms with Gasteiger partial charge in [0.05, 0.1) is 24.6 Å². The Kier molecular flexibility index (Phi) is 6.78. The summed E-state index contributed by atoms with van der Waals surface area (Å²) in [6, 6.07) is 4.62. The van der Waals surface area contributed by atoms with Crippen LogP contribution in [0.2, 0.25) is 0 Å². The molecule has 0 aliphatic rings. The van der Waals surface area contributed by atoms with Gasteiger partial charge in [-0.3, -0.25) is 19.8 Å². The van der Waals surface area contributed by atoms with E-state index in [-0.39, 0.29) is 29.9 Å². The minimum Gasteiger partial charge on any atom is -0.496 e. The summed E-state index contributed by atoms with van der Waals surface area (Å²) in [5.74, 6) is 0.0945. The molecule has 22 heavy (non-hydrogen) atoms. The first-order valence-electron chi connectivity index (χ1n) is 7.21. The van der Waals surface area contributed by atoms with Crippen LogP contribution < -0.4 is 10.1 Å². The largest absolute Gasteiger partial charge is 0.496 e. The van der Waals surface area contributed by atoms with Gasteiger partial charge in [0.2, 0.25) is 5.91 Å². The predicted octanol–water partition coefficient (Wildman–Crippen LogP) is 2.66. The van der Waals surface area contributed by atoms with E-state index in [0.29, 0.717) is 5.75 Å². The van der Waals surface area contributed by atoms with Gasteiger partial charge in [-0.15, -0.1) is 0 Å². The van der Waals surface area contributed by atoms with E-state index in [1.54, 1.807) is 6.07 Å². The van der Waals surface area contributed by atoms with E-state index in [2.05, 4.69) is 12.2 Å². The van der Waals surface area contributed by atoms with Gasteiger partial charge in [0.15, 0.2) is 0 Å². The maximum Gasteiger partial charge on any atom is 0.296 e. The van der Waals surface area contributed by atoms with Crippen LogP contribution in [0.5, 0.6) is 5.75 Å². The highest BCUT2D eigenvalue weighted by Gasteiger charge is 2.19. The summed E-state index contributed by atoms with van der Waals surface area (Å²) in [7, 11) is 3.30. The van der Waals surface area contributed by atoms with Crippen molar-refractivity contribution in [2.24, 2.45) is 0 Å². The number of hydrogen-bond donors (Lipinski definition) is 1. The van der Waals surface area contributed by atoms with Crippen LogP contribution in [0.15, 0.2) is 18.2 Å². The van der Waals surface area contributed by atoms with Crippen LogP contribution in [-0.2, 0) is 4.79 Å². The van der Waals surface area contributed by atoms with Crippen LogP contribution in [0.4, 0.5) is 11.4 Å². The first kappa shape index (κ1) is 17.9. The zero-order chi connectivity index (χ0) is 16.7. The molecule has 1 amide bonds. The van der Waals surface area contributed by atoms with Gasteiger partial charge in [0.25, 0.3) is 5.69 Å². The van der Waals surface area contributed by atoms with Crippen LogP contribution in [0.3, 0.4) is 0 Å². The van der Waals surface area contributed by atoms with Gasteiger partial charge in [-0.05, 0) is 32.5 Å². The van der Waals surface area contributed by atoms with Crippen molar-refractivity contribution < 1.29 is 14.5 Å². The number of nitro benzene ring substituents is 1. The maximum absolute atomic E-state index is 12.1. The van der Waals surface area contributed by atoms with Gasteiger partial charge in [-0.25, -0.2) is 0 Å². The van der Waals surface area contributed by atoms with E-state index in [1.165, 1.54) is 19.2 Å². The summed E-state index contributed by atoms with van der Waals surface area (Å²) in [5.41, 5.74) is -0.00990. The number of nitrogens with zero attached hydrogens (tertiary/aromatic N) is 2. The zero-order valence-electron chi connectivity index (χ0n) is 13.5. The zero-order valence-corrected chi connectivity index (χ0v) is 13.5. The monoisotopic (exact) mass is 309 g/mol. The van der Waals surface area contributed by atoms with Gasteiger partial charge >= 0.3 is 0 Å². The summed E-state index contributed by atoms with van der Waals surface area (Å²) >= 11 is 0. The molecule has 122 valence electrons. The van der Waals surface area contributed by atoms with Crippen molar-refractivity contribution in [3.8, 4) is 5.75 Å². The third kappa shape index (κ3) is 5.00. The standard InChI is InChI=1S/C15H23N3O4/c1-5-6-11(2)17(3)10-15(19)16-13-8-7-12(22-4)9-14(13)18(20)21/h7-9,11H,5-6,10H2,1-4H3,(H,16,19). The van der Waals surface area contributed by atoms with Gasteiger partial charge in [0, 0.05) is 6.04 Å². The molecule has 1 N–H and O–H groups in total. The molecule has 0 fully saturated rings. The molecule has 7 nitrogen and oxygen atoms in total. The number of methoxy groups -OCH3 is 1. The first-order chi connectivity index (χ1) is 10.4. The van der Waals surface area contributed by atoms with Crippen LogP contribution in [0, 0.1) is 10.1 Å². The molecule has 7 heteroatoms. The number of carbonyl (C=O) groups is 1. The fraction of sp³-hybridized carbons (Fsp3) is 0.533. The summed E-state index contributed by atoms with van der Waals surface area (Å²) in [6.45, 7) is 4.32. The van der Waals surface area contributed by atoms with Crippen molar-refractivity contribution in [2.75, 3.05) is 26.0 Å². The second-order valence-corrected chi connectivity index (χ2v) is 5.24. The Labute approximate surface area is 130 Å². The number of carbonyl (C=O) groups excluding carboxylic acids is 1. The van der Waals surface area contributed by atoms with Crippen molar-refractivity contribution >= 4 is 17.3 Å². The highest BCUT2D eigenvalue weighted by atomic mass is 16.6. The van der Waals surface area contributed by atoms with Gasteiger partial charge in [-0.2, -0.15) is 0 Å². The molecular formula is C15H23N3O4. The molecule has 0 saturated carbocycles. The SMILES string of the molecule is CCCC(C)N(C)CC(=O)Nc1ccc(OC)cc1[N+](=O)[O-]. The van der Waals surface area contributed by atoms with Gasteiger partial charge in [0.1, 0.15) is 11.4 Å². The number of likely N-dealkylation sites (N-methyl/N-ethyl adjacent to an activating group) is 1. The average Bonchev–Trinajstić information content (AvgIpc) is 2.47. The summed E-state index contributed by atoms with van der Waals surface area (Å²) < 4.78 is 4.96. The predicted molar refractivity (Wildman–Crippen MR) is 85.3 cm³/mol. The molecule has 0 bridgehead atoms. The lowest BCUT2D eigenvalue weighted by atomic mass is 10.2. The molecule has 0 aromatic heterocycles. The van der Waals surface area contributed by atoms with Crippen LogP contribution in [0.25, 0.3) is 0 Å².